The number of benzene rings is 2. The van der Waals surface area contributed by atoms with Gasteiger partial charge in [0.15, 0.2) is 0 Å². The summed E-state index contributed by atoms with van der Waals surface area (Å²) >= 11 is 5.65. The molecule has 0 amide bonds. The number of rotatable bonds is 3. The zero-order valence-electron chi connectivity index (χ0n) is 10.2. The molecule has 0 aliphatic heterocycles. The van der Waals surface area contributed by atoms with Crippen LogP contribution < -0.4 is 5.73 Å². The summed E-state index contributed by atoms with van der Waals surface area (Å²) in [6, 6.07) is 12.7. The van der Waals surface area contributed by atoms with Crippen molar-refractivity contribution in [2.45, 2.75) is 19.4 Å². The molecule has 94 valence electrons. The van der Waals surface area contributed by atoms with E-state index in [4.69, 9.17) is 17.3 Å². The Morgan fingerprint density at radius 1 is 1.17 bits per heavy atom. The monoisotopic (exact) mass is 263 g/mol. The minimum absolute atomic E-state index is 0.133. The highest BCUT2D eigenvalue weighted by atomic mass is 35.5. The van der Waals surface area contributed by atoms with Gasteiger partial charge in [0.05, 0.1) is 5.02 Å². The lowest BCUT2D eigenvalue weighted by Crippen LogP contribution is -2.13. The standard InChI is InChI=1S/C15H15ClFN/c1-10-2-5-12(6-3-10)15(18)9-11-4-7-13(16)14(17)8-11/h2-8,15H,9,18H2,1H3. The molecule has 0 aliphatic rings. The molecule has 1 unspecified atom stereocenters. The first kappa shape index (κ1) is 13.1. The molecule has 0 heterocycles. The number of halogens is 2. The fourth-order valence-electron chi connectivity index (χ4n) is 1.85. The van der Waals surface area contributed by atoms with Gasteiger partial charge in [-0.25, -0.2) is 4.39 Å². The zero-order chi connectivity index (χ0) is 13.1. The molecule has 3 heteroatoms. The first-order valence-electron chi connectivity index (χ1n) is 5.82. The number of nitrogens with two attached hydrogens (primary N) is 1. The maximum Gasteiger partial charge on any atom is 0.142 e. The van der Waals surface area contributed by atoms with Crippen LogP contribution >= 0.6 is 11.6 Å². The van der Waals surface area contributed by atoms with Crippen LogP contribution in [0.4, 0.5) is 4.39 Å². The SMILES string of the molecule is Cc1ccc(C(N)Cc2ccc(Cl)c(F)c2)cc1. The van der Waals surface area contributed by atoms with E-state index in [-0.39, 0.29) is 11.1 Å². The smallest absolute Gasteiger partial charge is 0.142 e. The average Bonchev–Trinajstić information content (AvgIpc) is 2.34. The second kappa shape index (κ2) is 5.51. The molecule has 1 nitrogen and oxygen atoms in total. The molecular weight excluding hydrogens is 249 g/mol. The van der Waals surface area contributed by atoms with Crippen molar-refractivity contribution in [3.05, 3.63) is 70.0 Å². The van der Waals surface area contributed by atoms with E-state index in [1.54, 1.807) is 12.1 Å². The molecule has 2 rings (SSSR count). The van der Waals surface area contributed by atoms with Crippen LogP contribution in [0.15, 0.2) is 42.5 Å². The van der Waals surface area contributed by atoms with Crippen molar-refractivity contribution in [3.63, 3.8) is 0 Å². The van der Waals surface area contributed by atoms with Gasteiger partial charge in [0, 0.05) is 6.04 Å². The second-order valence-electron chi connectivity index (χ2n) is 4.47. The van der Waals surface area contributed by atoms with Crippen molar-refractivity contribution in [1.29, 1.82) is 0 Å². The van der Waals surface area contributed by atoms with Gasteiger partial charge in [-0.1, -0.05) is 47.5 Å². The minimum Gasteiger partial charge on any atom is -0.324 e. The van der Waals surface area contributed by atoms with Gasteiger partial charge in [0.2, 0.25) is 0 Å². The van der Waals surface area contributed by atoms with E-state index in [0.29, 0.717) is 6.42 Å². The largest absolute Gasteiger partial charge is 0.324 e. The van der Waals surface area contributed by atoms with E-state index in [1.165, 1.54) is 11.6 Å². The normalized spacial score (nSPS) is 12.4. The Kier molecular flexibility index (Phi) is 4.00. The molecule has 0 saturated heterocycles. The van der Waals surface area contributed by atoms with Crippen molar-refractivity contribution in [2.75, 3.05) is 0 Å². The van der Waals surface area contributed by atoms with Crippen LogP contribution in [0.2, 0.25) is 5.02 Å². The molecule has 2 aromatic rings. The van der Waals surface area contributed by atoms with Crippen molar-refractivity contribution in [3.8, 4) is 0 Å². The third kappa shape index (κ3) is 3.09. The van der Waals surface area contributed by atoms with Crippen LogP contribution in [0.25, 0.3) is 0 Å². The number of aryl methyl sites for hydroxylation is 1. The van der Waals surface area contributed by atoms with Crippen LogP contribution in [0.5, 0.6) is 0 Å². The van der Waals surface area contributed by atoms with Gasteiger partial charge in [-0.05, 0) is 36.6 Å². The average molecular weight is 264 g/mol. The van der Waals surface area contributed by atoms with Crippen LogP contribution in [0.3, 0.4) is 0 Å². The molecule has 0 fully saturated rings. The first-order valence-corrected chi connectivity index (χ1v) is 6.20. The maximum atomic E-state index is 13.3. The lowest BCUT2D eigenvalue weighted by Gasteiger charge is -2.12. The van der Waals surface area contributed by atoms with Crippen LogP contribution in [0, 0.1) is 12.7 Å². The minimum atomic E-state index is -0.398. The van der Waals surface area contributed by atoms with Gasteiger partial charge in [-0.3, -0.25) is 0 Å². The van der Waals surface area contributed by atoms with Crippen LogP contribution in [-0.4, -0.2) is 0 Å². The van der Waals surface area contributed by atoms with E-state index in [9.17, 15) is 4.39 Å². The molecule has 1 atom stereocenters. The van der Waals surface area contributed by atoms with E-state index in [1.807, 2.05) is 31.2 Å². The summed E-state index contributed by atoms with van der Waals surface area (Å²) < 4.78 is 13.3. The van der Waals surface area contributed by atoms with Gasteiger partial charge in [-0.2, -0.15) is 0 Å². The topological polar surface area (TPSA) is 26.0 Å². The van der Waals surface area contributed by atoms with Gasteiger partial charge >= 0.3 is 0 Å². The fraction of sp³-hybridized carbons (Fsp3) is 0.200. The van der Waals surface area contributed by atoms with Gasteiger partial charge in [-0.15, -0.1) is 0 Å². The predicted molar refractivity (Wildman–Crippen MR) is 73.2 cm³/mol. The fourth-order valence-corrected chi connectivity index (χ4v) is 1.97. The van der Waals surface area contributed by atoms with Crippen molar-refractivity contribution >= 4 is 11.6 Å². The predicted octanol–water partition coefficient (Wildman–Crippen LogP) is 4.03. The Balaban J connectivity index is 2.13. The number of hydrogen-bond acceptors (Lipinski definition) is 1. The number of hydrogen-bond donors (Lipinski definition) is 1. The van der Waals surface area contributed by atoms with Crippen LogP contribution in [0.1, 0.15) is 22.7 Å². The van der Waals surface area contributed by atoms with E-state index < -0.39 is 5.82 Å². The van der Waals surface area contributed by atoms with Crippen molar-refractivity contribution in [1.82, 2.24) is 0 Å². The molecule has 0 saturated carbocycles. The highest BCUT2D eigenvalue weighted by Crippen LogP contribution is 2.20. The highest BCUT2D eigenvalue weighted by molar-refractivity contribution is 6.30. The third-order valence-electron chi connectivity index (χ3n) is 2.95. The second-order valence-corrected chi connectivity index (χ2v) is 4.88. The summed E-state index contributed by atoms with van der Waals surface area (Å²) in [6.45, 7) is 2.03. The molecule has 2 aromatic carbocycles. The summed E-state index contributed by atoms with van der Waals surface area (Å²) in [4.78, 5) is 0. The summed E-state index contributed by atoms with van der Waals surface area (Å²) in [5.74, 6) is -0.398. The van der Waals surface area contributed by atoms with Gasteiger partial charge in [0.1, 0.15) is 5.82 Å². The molecular formula is C15H15ClFN. The van der Waals surface area contributed by atoms with E-state index in [0.717, 1.165) is 11.1 Å². The Morgan fingerprint density at radius 3 is 2.44 bits per heavy atom. The molecule has 0 bridgehead atoms. The lowest BCUT2D eigenvalue weighted by atomic mass is 9.99. The molecule has 0 spiro atoms. The summed E-state index contributed by atoms with van der Waals surface area (Å²) in [5.41, 5.74) is 9.21. The molecule has 2 N–H and O–H groups in total. The maximum absolute atomic E-state index is 13.3. The molecule has 0 aliphatic carbocycles. The molecule has 0 radical (unpaired) electrons. The highest BCUT2D eigenvalue weighted by Gasteiger charge is 2.08. The van der Waals surface area contributed by atoms with Crippen molar-refractivity contribution < 1.29 is 4.39 Å². The Hall–Kier alpha value is -1.38. The van der Waals surface area contributed by atoms with Crippen molar-refractivity contribution in [2.24, 2.45) is 5.73 Å². The summed E-state index contributed by atoms with van der Waals surface area (Å²) in [5, 5.41) is 0.141. The van der Waals surface area contributed by atoms with Gasteiger partial charge in [0.25, 0.3) is 0 Å². The quantitative estimate of drug-likeness (QED) is 0.889. The lowest BCUT2D eigenvalue weighted by molar-refractivity contribution is 0.622. The zero-order valence-corrected chi connectivity index (χ0v) is 10.9. The first-order chi connectivity index (χ1) is 8.56. The Labute approximate surface area is 111 Å². The Morgan fingerprint density at radius 2 is 1.83 bits per heavy atom. The molecule has 18 heavy (non-hydrogen) atoms. The third-order valence-corrected chi connectivity index (χ3v) is 3.25. The Bertz CT molecular complexity index is 537. The molecule has 0 aromatic heterocycles. The van der Waals surface area contributed by atoms with E-state index >= 15 is 0 Å². The van der Waals surface area contributed by atoms with Crippen LogP contribution in [-0.2, 0) is 6.42 Å². The summed E-state index contributed by atoms with van der Waals surface area (Å²) in [6.07, 6.45) is 0.594. The van der Waals surface area contributed by atoms with Gasteiger partial charge < -0.3 is 5.73 Å². The van der Waals surface area contributed by atoms with E-state index in [2.05, 4.69) is 0 Å². The summed E-state index contributed by atoms with van der Waals surface area (Å²) in [7, 11) is 0.